The Balaban J connectivity index is 2.11. The fourth-order valence-electron chi connectivity index (χ4n) is 4.05. The molecule has 32 heavy (non-hydrogen) atoms. The van der Waals surface area contributed by atoms with Crippen LogP contribution in [0.25, 0.3) is 0 Å². The van der Waals surface area contributed by atoms with Crippen molar-refractivity contribution < 1.29 is 9.47 Å². The molecule has 0 radical (unpaired) electrons. The van der Waals surface area contributed by atoms with Crippen LogP contribution in [0.4, 0.5) is 0 Å². The van der Waals surface area contributed by atoms with Gasteiger partial charge in [-0.05, 0) is 36.7 Å². The second-order valence-corrected chi connectivity index (χ2v) is 10.1. The van der Waals surface area contributed by atoms with E-state index >= 15 is 0 Å². The first kappa shape index (κ1) is 24.2. The highest BCUT2D eigenvalue weighted by molar-refractivity contribution is 7.49. The first-order valence-corrected chi connectivity index (χ1v) is 12.1. The highest BCUT2D eigenvalue weighted by Crippen LogP contribution is 2.49. The topological polar surface area (TPSA) is 30.8 Å². The largest absolute Gasteiger partial charge is 0.467 e. The van der Waals surface area contributed by atoms with Gasteiger partial charge in [-0.3, -0.25) is 4.99 Å². The standard InChI is InChI=1S/C28H34NO2P/c1-7-28(4,24-18-12-13-20(2)26(24)31-19-30-6)32-27-21(3)14-11-17-23(27)25(29-5)22-15-9-8-10-16-22/h8-18,32H,7,19H2,1-6H3. The van der Waals surface area contributed by atoms with Crippen LogP contribution in [0.1, 0.15) is 48.1 Å². The summed E-state index contributed by atoms with van der Waals surface area (Å²) >= 11 is 0. The van der Waals surface area contributed by atoms with Gasteiger partial charge in [0.2, 0.25) is 0 Å². The average Bonchev–Trinajstić information content (AvgIpc) is 2.81. The van der Waals surface area contributed by atoms with E-state index in [0.29, 0.717) is 8.58 Å². The Bertz CT molecular complexity index is 1080. The fraction of sp³-hybridized carbons (Fsp3) is 0.321. The third kappa shape index (κ3) is 5.11. The van der Waals surface area contributed by atoms with Gasteiger partial charge in [0, 0.05) is 36.0 Å². The number of nitrogens with zero attached hydrogens (tertiary/aromatic N) is 1. The maximum Gasteiger partial charge on any atom is 0.188 e. The molecule has 0 saturated heterocycles. The Hall–Kier alpha value is -2.48. The second kappa shape index (κ2) is 10.9. The van der Waals surface area contributed by atoms with E-state index in [4.69, 9.17) is 14.5 Å². The van der Waals surface area contributed by atoms with Gasteiger partial charge in [0.1, 0.15) is 5.75 Å². The number of methoxy groups -OCH3 is 1. The zero-order chi connectivity index (χ0) is 23.1. The molecule has 0 aliphatic carbocycles. The number of hydrogen-bond acceptors (Lipinski definition) is 3. The van der Waals surface area contributed by atoms with Crippen molar-refractivity contribution in [1.29, 1.82) is 0 Å². The summed E-state index contributed by atoms with van der Waals surface area (Å²) in [5.41, 5.74) is 7.06. The molecule has 3 aromatic carbocycles. The number of aliphatic imine (C=N–C) groups is 1. The Kier molecular flexibility index (Phi) is 8.23. The van der Waals surface area contributed by atoms with Gasteiger partial charge in [-0.15, -0.1) is 0 Å². The third-order valence-corrected chi connectivity index (χ3v) is 8.12. The summed E-state index contributed by atoms with van der Waals surface area (Å²) in [6, 6.07) is 23.4. The molecular weight excluding hydrogens is 413 g/mol. The Morgan fingerprint density at radius 2 is 1.62 bits per heavy atom. The molecule has 0 amide bonds. The smallest absolute Gasteiger partial charge is 0.188 e. The third-order valence-electron chi connectivity index (χ3n) is 6.03. The van der Waals surface area contributed by atoms with Gasteiger partial charge in [0.25, 0.3) is 0 Å². The zero-order valence-corrected chi connectivity index (χ0v) is 21.0. The molecule has 0 spiro atoms. The van der Waals surface area contributed by atoms with Crippen LogP contribution in [-0.4, -0.2) is 26.7 Å². The van der Waals surface area contributed by atoms with E-state index in [-0.39, 0.29) is 11.9 Å². The minimum absolute atomic E-state index is 0.0779. The highest BCUT2D eigenvalue weighted by atomic mass is 31.1. The van der Waals surface area contributed by atoms with E-state index in [2.05, 4.69) is 88.4 Å². The molecule has 0 saturated carbocycles. The quantitative estimate of drug-likeness (QED) is 0.216. The van der Waals surface area contributed by atoms with E-state index in [1.807, 2.05) is 13.1 Å². The van der Waals surface area contributed by atoms with Gasteiger partial charge in [0.05, 0.1) is 5.71 Å². The summed E-state index contributed by atoms with van der Waals surface area (Å²) in [5.74, 6) is 0.939. The van der Waals surface area contributed by atoms with E-state index in [0.717, 1.165) is 29.0 Å². The summed E-state index contributed by atoms with van der Waals surface area (Å²) in [5, 5.41) is 1.28. The van der Waals surface area contributed by atoms with Crippen LogP contribution in [-0.2, 0) is 9.89 Å². The molecule has 0 fully saturated rings. The predicted octanol–water partition coefficient (Wildman–Crippen LogP) is 6.38. The molecular formula is C28H34NO2P. The lowest BCUT2D eigenvalue weighted by Gasteiger charge is -2.33. The molecule has 0 aliphatic heterocycles. The van der Waals surface area contributed by atoms with Crippen LogP contribution in [0.3, 0.4) is 0 Å². The van der Waals surface area contributed by atoms with Crippen LogP contribution in [0.15, 0.2) is 71.7 Å². The zero-order valence-electron chi connectivity index (χ0n) is 20.0. The summed E-state index contributed by atoms with van der Waals surface area (Å²) < 4.78 is 11.3. The highest BCUT2D eigenvalue weighted by Gasteiger charge is 2.31. The summed E-state index contributed by atoms with van der Waals surface area (Å²) in [7, 11) is 4.10. The van der Waals surface area contributed by atoms with Gasteiger partial charge in [-0.1, -0.05) is 89.2 Å². The summed E-state index contributed by atoms with van der Waals surface area (Å²) in [6.07, 6.45) is 0.996. The van der Waals surface area contributed by atoms with Crippen LogP contribution < -0.4 is 10.0 Å². The van der Waals surface area contributed by atoms with Gasteiger partial charge >= 0.3 is 0 Å². The Labute approximate surface area is 194 Å². The molecule has 4 heteroatoms. The lowest BCUT2D eigenvalue weighted by atomic mass is 9.94. The lowest BCUT2D eigenvalue weighted by molar-refractivity contribution is 0.0495. The average molecular weight is 448 g/mol. The molecule has 0 aliphatic rings. The Morgan fingerprint density at radius 1 is 0.938 bits per heavy atom. The SMILES string of the molecule is CCC(C)(Pc1c(C)cccc1C(=NC)c1ccccc1)c1cccc(C)c1OCOC. The fourth-order valence-corrected chi connectivity index (χ4v) is 5.73. The van der Waals surface area contributed by atoms with E-state index in [1.165, 1.54) is 22.0 Å². The van der Waals surface area contributed by atoms with Crippen molar-refractivity contribution in [3.8, 4) is 5.75 Å². The number of hydrogen-bond donors (Lipinski definition) is 0. The number of benzene rings is 3. The monoisotopic (exact) mass is 447 g/mol. The molecule has 3 rings (SSSR count). The van der Waals surface area contributed by atoms with Crippen molar-refractivity contribution in [2.75, 3.05) is 21.0 Å². The first-order chi connectivity index (χ1) is 15.4. The maximum absolute atomic E-state index is 6.06. The van der Waals surface area contributed by atoms with Crippen LogP contribution in [0.5, 0.6) is 5.75 Å². The molecule has 0 aromatic heterocycles. The first-order valence-electron chi connectivity index (χ1n) is 11.1. The van der Waals surface area contributed by atoms with Crippen molar-refractivity contribution >= 4 is 19.6 Å². The van der Waals surface area contributed by atoms with Crippen molar-refractivity contribution in [3.05, 3.63) is 94.5 Å². The minimum atomic E-state index is -0.0779. The Morgan fingerprint density at radius 3 is 2.28 bits per heavy atom. The lowest BCUT2D eigenvalue weighted by Crippen LogP contribution is -2.24. The molecule has 0 bridgehead atoms. The molecule has 2 atom stereocenters. The van der Waals surface area contributed by atoms with Gasteiger partial charge in [-0.2, -0.15) is 0 Å². The predicted molar refractivity (Wildman–Crippen MR) is 138 cm³/mol. The summed E-state index contributed by atoms with van der Waals surface area (Å²) in [4.78, 5) is 4.71. The van der Waals surface area contributed by atoms with E-state index in [1.54, 1.807) is 7.11 Å². The summed E-state index contributed by atoms with van der Waals surface area (Å²) in [6.45, 7) is 9.17. The maximum atomic E-state index is 6.06. The molecule has 2 unspecified atom stereocenters. The molecule has 168 valence electrons. The normalized spacial score (nSPS) is 14.0. The number of ether oxygens (including phenoxy) is 2. The van der Waals surface area contributed by atoms with Crippen molar-refractivity contribution in [1.82, 2.24) is 0 Å². The van der Waals surface area contributed by atoms with Crippen molar-refractivity contribution in [3.63, 3.8) is 0 Å². The van der Waals surface area contributed by atoms with Crippen LogP contribution in [0, 0.1) is 13.8 Å². The van der Waals surface area contributed by atoms with Gasteiger partial charge in [-0.25, -0.2) is 0 Å². The van der Waals surface area contributed by atoms with Crippen molar-refractivity contribution in [2.24, 2.45) is 4.99 Å². The molecule has 0 N–H and O–H groups in total. The number of aryl methyl sites for hydroxylation is 2. The van der Waals surface area contributed by atoms with Gasteiger partial charge in [0.15, 0.2) is 6.79 Å². The molecule has 3 nitrogen and oxygen atoms in total. The van der Waals surface area contributed by atoms with Crippen LogP contribution in [0.2, 0.25) is 0 Å². The van der Waals surface area contributed by atoms with Gasteiger partial charge < -0.3 is 9.47 Å². The van der Waals surface area contributed by atoms with E-state index < -0.39 is 0 Å². The second-order valence-electron chi connectivity index (χ2n) is 8.25. The van der Waals surface area contributed by atoms with E-state index in [9.17, 15) is 0 Å². The minimum Gasteiger partial charge on any atom is -0.467 e. The van der Waals surface area contributed by atoms with Crippen molar-refractivity contribution in [2.45, 2.75) is 39.3 Å². The number of para-hydroxylation sites is 1. The number of rotatable bonds is 9. The molecule has 3 aromatic rings. The van der Waals surface area contributed by atoms with Crippen LogP contribution >= 0.6 is 8.58 Å². The molecule has 0 heterocycles.